The van der Waals surface area contributed by atoms with Crippen LogP contribution in [0.1, 0.15) is 0 Å². The Labute approximate surface area is 402 Å². The van der Waals surface area contributed by atoms with Gasteiger partial charge in [-0.25, -0.2) is 4.98 Å². The highest BCUT2D eigenvalue weighted by Crippen LogP contribution is 2.45. The number of aromatic nitrogens is 5. The molecule has 0 saturated heterocycles. The summed E-state index contributed by atoms with van der Waals surface area (Å²) in [5.41, 5.74) is 17.9. The predicted molar refractivity (Wildman–Crippen MR) is 292 cm³/mol. The SMILES string of the molecule is c1ccc(-c2cccc(-c3cccc(-n4c5ccccc5c5ccc6c7ccccc7n(-c7cccc(-n8c9ccccc9c9c8ccc8c%10ccccc%10n(-c%10ccccc%10)c89)c7)c6c54)c3)n2)cc1. The molecule has 15 aromatic rings. The Hall–Kier alpha value is -9.45. The Morgan fingerprint density at radius 2 is 0.629 bits per heavy atom. The van der Waals surface area contributed by atoms with Crippen LogP contribution in [0.4, 0.5) is 0 Å². The van der Waals surface area contributed by atoms with Crippen LogP contribution in [0.15, 0.2) is 249 Å². The molecule has 0 spiro atoms. The molecule has 0 fully saturated rings. The smallest absolute Gasteiger partial charge is 0.0788 e. The summed E-state index contributed by atoms with van der Waals surface area (Å²) in [5, 5.41) is 9.80. The van der Waals surface area contributed by atoms with Crippen LogP contribution in [0.25, 0.3) is 132 Å². The minimum atomic E-state index is 0.937. The molecule has 15 rings (SSSR count). The molecule has 0 atom stereocenters. The molecule has 5 heterocycles. The number of hydrogen-bond donors (Lipinski definition) is 0. The minimum Gasteiger partial charge on any atom is -0.309 e. The van der Waals surface area contributed by atoms with Gasteiger partial charge >= 0.3 is 0 Å². The third-order valence-electron chi connectivity index (χ3n) is 14.5. The van der Waals surface area contributed by atoms with Crippen LogP contribution < -0.4 is 0 Å². The third-order valence-corrected chi connectivity index (χ3v) is 14.5. The van der Waals surface area contributed by atoms with E-state index in [2.05, 4.69) is 261 Å². The summed E-state index contributed by atoms with van der Waals surface area (Å²) in [7, 11) is 0. The van der Waals surface area contributed by atoms with E-state index in [4.69, 9.17) is 4.98 Å². The van der Waals surface area contributed by atoms with Crippen molar-refractivity contribution in [3.05, 3.63) is 249 Å². The van der Waals surface area contributed by atoms with Gasteiger partial charge in [-0.1, -0.05) is 164 Å². The van der Waals surface area contributed by atoms with E-state index in [9.17, 15) is 0 Å². The fraction of sp³-hybridized carbons (Fsp3) is 0. The fourth-order valence-electron chi connectivity index (χ4n) is 11.6. The topological polar surface area (TPSA) is 32.6 Å². The quantitative estimate of drug-likeness (QED) is 0.164. The fourth-order valence-corrected chi connectivity index (χ4v) is 11.6. The molecule has 0 aliphatic carbocycles. The predicted octanol–water partition coefficient (Wildman–Crippen LogP) is 16.8. The maximum absolute atomic E-state index is 5.19. The van der Waals surface area contributed by atoms with Crippen molar-refractivity contribution in [2.75, 3.05) is 0 Å². The average molecular weight is 892 g/mol. The number of para-hydroxylation sites is 5. The van der Waals surface area contributed by atoms with Gasteiger partial charge in [0.25, 0.3) is 0 Å². The zero-order valence-corrected chi connectivity index (χ0v) is 37.9. The van der Waals surface area contributed by atoms with Gasteiger partial charge in [-0.15, -0.1) is 0 Å². The van der Waals surface area contributed by atoms with E-state index in [1.807, 2.05) is 6.07 Å². The first-order valence-electron chi connectivity index (χ1n) is 24.0. The van der Waals surface area contributed by atoms with Gasteiger partial charge in [-0.3, -0.25) is 0 Å². The van der Waals surface area contributed by atoms with Crippen LogP contribution in [-0.4, -0.2) is 23.3 Å². The maximum atomic E-state index is 5.19. The summed E-state index contributed by atoms with van der Waals surface area (Å²) in [4.78, 5) is 5.19. The van der Waals surface area contributed by atoms with Crippen molar-refractivity contribution in [1.82, 2.24) is 23.3 Å². The van der Waals surface area contributed by atoms with Gasteiger partial charge in [0.1, 0.15) is 0 Å². The second-order valence-electron chi connectivity index (χ2n) is 18.3. The van der Waals surface area contributed by atoms with E-state index in [1.54, 1.807) is 0 Å². The molecule has 0 radical (unpaired) electrons. The number of rotatable bonds is 6. The molecule has 0 unspecified atom stereocenters. The van der Waals surface area contributed by atoms with Crippen molar-refractivity contribution in [3.63, 3.8) is 0 Å². The van der Waals surface area contributed by atoms with E-state index in [0.29, 0.717) is 0 Å². The summed E-state index contributed by atoms with van der Waals surface area (Å²) in [6.45, 7) is 0. The zero-order valence-electron chi connectivity index (χ0n) is 37.9. The molecule has 326 valence electrons. The van der Waals surface area contributed by atoms with Crippen LogP contribution in [0, 0.1) is 0 Å². The molecule has 0 N–H and O–H groups in total. The monoisotopic (exact) mass is 891 g/mol. The van der Waals surface area contributed by atoms with Crippen LogP contribution in [0.3, 0.4) is 0 Å². The van der Waals surface area contributed by atoms with E-state index < -0.39 is 0 Å². The minimum absolute atomic E-state index is 0.937. The van der Waals surface area contributed by atoms with Gasteiger partial charge in [0.2, 0.25) is 0 Å². The lowest BCUT2D eigenvalue weighted by Crippen LogP contribution is -2.01. The molecule has 0 saturated carbocycles. The van der Waals surface area contributed by atoms with Gasteiger partial charge in [-0.2, -0.15) is 0 Å². The summed E-state index contributed by atoms with van der Waals surface area (Å²) < 4.78 is 9.89. The van der Waals surface area contributed by atoms with E-state index in [-0.39, 0.29) is 0 Å². The largest absolute Gasteiger partial charge is 0.309 e. The molecule has 10 aromatic carbocycles. The summed E-state index contributed by atoms with van der Waals surface area (Å²) in [5.74, 6) is 0. The van der Waals surface area contributed by atoms with Crippen molar-refractivity contribution >= 4 is 87.2 Å². The second kappa shape index (κ2) is 15.0. The second-order valence-corrected chi connectivity index (χ2v) is 18.3. The van der Waals surface area contributed by atoms with Gasteiger partial charge < -0.3 is 18.3 Å². The van der Waals surface area contributed by atoms with Crippen molar-refractivity contribution in [3.8, 4) is 45.3 Å². The lowest BCUT2D eigenvalue weighted by Gasteiger charge is -2.15. The van der Waals surface area contributed by atoms with Gasteiger partial charge in [-0.05, 0) is 84.9 Å². The number of nitrogens with zero attached hydrogens (tertiary/aromatic N) is 5. The van der Waals surface area contributed by atoms with Crippen molar-refractivity contribution < 1.29 is 0 Å². The zero-order chi connectivity index (χ0) is 45.9. The average Bonchev–Trinajstić information content (AvgIpc) is 4.17. The number of pyridine rings is 1. The molecule has 5 heteroatoms. The van der Waals surface area contributed by atoms with E-state index in [1.165, 1.54) is 65.2 Å². The highest BCUT2D eigenvalue weighted by Gasteiger charge is 2.24. The van der Waals surface area contributed by atoms with Crippen molar-refractivity contribution in [2.45, 2.75) is 0 Å². The normalized spacial score (nSPS) is 12.0. The highest BCUT2D eigenvalue weighted by molar-refractivity contribution is 6.27. The Morgan fingerprint density at radius 1 is 0.229 bits per heavy atom. The summed E-state index contributed by atoms with van der Waals surface area (Å²) >= 11 is 0. The number of fused-ring (bicyclic) bond motifs is 14. The first-order valence-corrected chi connectivity index (χ1v) is 24.0. The Morgan fingerprint density at radius 3 is 1.24 bits per heavy atom. The van der Waals surface area contributed by atoms with Crippen molar-refractivity contribution in [2.24, 2.45) is 0 Å². The maximum Gasteiger partial charge on any atom is 0.0788 e. The molecule has 70 heavy (non-hydrogen) atoms. The molecular weight excluding hydrogens is 851 g/mol. The lowest BCUT2D eigenvalue weighted by molar-refractivity contribution is 1.12. The van der Waals surface area contributed by atoms with Gasteiger partial charge in [0, 0.05) is 77.0 Å². The van der Waals surface area contributed by atoms with Crippen LogP contribution >= 0.6 is 0 Å². The lowest BCUT2D eigenvalue weighted by atomic mass is 10.1. The Bertz CT molecular complexity index is 4590. The summed E-state index contributed by atoms with van der Waals surface area (Å²) in [6, 6.07) is 90.2. The first kappa shape index (κ1) is 38.6. The Balaban J connectivity index is 0.987. The van der Waals surface area contributed by atoms with Crippen LogP contribution in [0.2, 0.25) is 0 Å². The van der Waals surface area contributed by atoms with Gasteiger partial charge in [0.05, 0.1) is 55.5 Å². The van der Waals surface area contributed by atoms with Crippen molar-refractivity contribution in [1.29, 1.82) is 0 Å². The standard InChI is InChI=1S/C65H41N5/c1-3-18-42(19-4-1)55-30-17-31-56(66-55)43-20-15-23-45(40-43)69-58-33-12-8-27-49(58)52-36-37-53-50-28-9-13-34-59(50)70(65(53)64(52)69)47-25-16-24-46(41-47)67-60-35-14-10-29-54(60)62-61(67)39-38-51-48-26-7-11-32-57(48)68(63(51)62)44-21-5-2-6-22-44/h1-41H. The summed E-state index contributed by atoms with van der Waals surface area (Å²) in [6.07, 6.45) is 0. The molecular formula is C65H41N5. The molecule has 5 aromatic heterocycles. The third kappa shape index (κ3) is 5.57. The molecule has 5 nitrogen and oxygen atoms in total. The molecule has 0 aliphatic heterocycles. The molecule has 0 bridgehead atoms. The Kier molecular flexibility index (Phi) is 8.29. The molecule has 0 amide bonds. The van der Waals surface area contributed by atoms with E-state index >= 15 is 0 Å². The highest BCUT2D eigenvalue weighted by atomic mass is 15.1. The van der Waals surface area contributed by atoms with Gasteiger partial charge in [0.15, 0.2) is 0 Å². The molecule has 0 aliphatic rings. The van der Waals surface area contributed by atoms with Crippen LogP contribution in [0.5, 0.6) is 0 Å². The first-order chi connectivity index (χ1) is 34.8. The number of benzene rings is 10. The number of hydrogen-bond acceptors (Lipinski definition) is 1. The van der Waals surface area contributed by atoms with E-state index in [0.717, 1.165) is 67.3 Å². The van der Waals surface area contributed by atoms with Crippen LogP contribution in [-0.2, 0) is 0 Å².